The number of aliphatic carboxylic acids is 1. The summed E-state index contributed by atoms with van der Waals surface area (Å²) in [6.07, 6.45) is 3.04. The average molecular weight is 449 g/mol. The molecule has 0 fully saturated rings. The van der Waals surface area contributed by atoms with E-state index in [2.05, 4.69) is 34.9 Å². The lowest BCUT2D eigenvalue weighted by atomic mass is 9.91. The quantitative estimate of drug-likeness (QED) is 0.561. The fourth-order valence-corrected chi connectivity index (χ4v) is 4.38. The molecule has 2 aliphatic carbocycles. The van der Waals surface area contributed by atoms with E-state index in [0.717, 1.165) is 22.3 Å². The van der Waals surface area contributed by atoms with Crippen LogP contribution in [-0.2, 0) is 14.3 Å². The third-order valence-electron chi connectivity index (χ3n) is 6.35. The largest absolute Gasteiger partial charge is 0.481 e. The lowest BCUT2D eigenvalue weighted by Gasteiger charge is -2.26. The third-order valence-corrected chi connectivity index (χ3v) is 6.35. The van der Waals surface area contributed by atoms with Gasteiger partial charge >= 0.3 is 12.1 Å². The van der Waals surface area contributed by atoms with E-state index >= 15 is 0 Å². The number of carbonyl (C=O) groups is 3. The molecule has 0 saturated carbocycles. The molecule has 2 aliphatic rings. The molecule has 0 aromatic heterocycles. The Morgan fingerprint density at radius 3 is 2.18 bits per heavy atom. The predicted molar refractivity (Wildman–Crippen MR) is 124 cm³/mol. The zero-order valence-electron chi connectivity index (χ0n) is 18.7. The highest BCUT2D eigenvalue weighted by Gasteiger charge is 2.33. The molecular weight excluding hydrogens is 420 g/mol. The van der Waals surface area contributed by atoms with Gasteiger partial charge in [-0.25, -0.2) is 4.79 Å². The van der Waals surface area contributed by atoms with Gasteiger partial charge in [0.1, 0.15) is 6.61 Å². The van der Waals surface area contributed by atoms with Crippen LogP contribution in [0.25, 0.3) is 11.1 Å². The van der Waals surface area contributed by atoms with Gasteiger partial charge in [0.25, 0.3) is 0 Å². The number of fused-ring (bicyclic) bond motifs is 3. The van der Waals surface area contributed by atoms with Gasteiger partial charge in [0.05, 0.1) is 11.3 Å². The van der Waals surface area contributed by atoms with Gasteiger partial charge in [-0.1, -0.05) is 60.7 Å². The topological polar surface area (TPSA) is 105 Å². The summed E-state index contributed by atoms with van der Waals surface area (Å²) >= 11 is 0. The average Bonchev–Trinajstić information content (AvgIpc) is 3.39. The van der Waals surface area contributed by atoms with Crippen LogP contribution in [0.5, 0.6) is 0 Å². The van der Waals surface area contributed by atoms with Crippen molar-refractivity contribution in [1.29, 1.82) is 0 Å². The smallest absolute Gasteiger partial charge is 0.407 e. The number of ether oxygens (including phenoxy) is 1. The summed E-state index contributed by atoms with van der Waals surface area (Å²) in [5, 5.41) is 14.6. The molecule has 4 rings (SSSR count). The van der Waals surface area contributed by atoms with E-state index < -0.39 is 23.4 Å². The molecule has 7 nitrogen and oxygen atoms in total. The summed E-state index contributed by atoms with van der Waals surface area (Å²) in [7, 11) is 0. The zero-order chi connectivity index (χ0) is 23.6. The van der Waals surface area contributed by atoms with Gasteiger partial charge < -0.3 is 20.5 Å². The number of amides is 2. The van der Waals surface area contributed by atoms with Gasteiger partial charge in [-0.05, 0) is 42.5 Å². The molecule has 2 aromatic carbocycles. The lowest BCUT2D eigenvalue weighted by Crippen LogP contribution is -2.47. The van der Waals surface area contributed by atoms with E-state index in [0.29, 0.717) is 6.42 Å². The number of benzene rings is 2. The summed E-state index contributed by atoms with van der Waals surface area (Å²) in [6.45, 7) is 3.74. The molecule has 3 N–H and O–H groups in total. The minimum absolute atomic E-state index is 0.0317. The first-order valence-corrected chi connectivity index (χ1v) is 11.1. The van der Waals surface area contributed by atoms with Crippen molar-refractivity contribution in [2.24, 2.45) is 11.3 Å². The molecule has 7 heteroatoms. The van der Waals surface area contributed by atoms with Crippen molar-refractivity contribution in [2.75, 3.05) is 13.2 Å². The summed E-state index contributed by atoms with van der Waals surface area (Å²) < 4.78 is 5.53. The van der Waals surface area contributed by atoms with E-state index in [-0.39, 0.29) is 31.0 Å². The fraction of sp³-hybridized carbons (Fsp3) is 0.346. The number of carbonyl (C=O) groups excluding carboxylic acids is 2. The highest BCUT2D eigenvalue weighted by atomic mass is 16.5. The van der Waals surface area contributed by atoms with Crippen LogP contribution in [0.4, 0.5) is 4.79 Å². The normalized spacial score (nSPS) is 19.0. The number of hydrogen-bond donors (Lipinski definition) is 3. The van der Waals surface area contributed by atoms with Crippen molar-refractivity contribution in [2.45, 2.75) is 32.2 Å². The Hall–Kier alpha value is -3.61. The number of carboxylic acid groups (broad SMARTS) is 1. The fourth-order valence-electron chi connectivity index (χ4n) is 4.38. The Labute approximate surface area is 192 Å². The Bertz CT molecular complexity index is 1060. The van der Waals surface area contributed by atoms with Crippen LogP contribution < -0.4 is 10.6 Å². The van der Waals surface area contributed by atoms with E-state index in [1.807, 2.05) is 24.3 Å². The van der Waals surface area contributed by atoms with Gasteiger partial charge in [0, 0.05) is 18.5 Å². The molecule has 2 atom stereocenters. The monoisotopic (exact) mass is 448 g/mol. The second kappa shape index (κ2) is 9.10. The summed E-state index contributed by atoms with van der Waals surface area (Å²) in [6, 6.07) is 15.9. The van der Waals surface area contributed by atoms with Crippen LogP contribution in [0.3, 0.4) is 0 Å². The van der Waals surface area contributed by atoms with Crippen LogP contribution in [0.15, 0.2) is 60.7 Å². The molecular formula is C26H28N2O5. The van der Waals surface area contributed by atoms with Crippen molar-refractivity contribution in [3.63, 3.8) is 0 Å². The van der Waals surface area contributed by atoms with Gasteiger partial charge in [-0.2, -0.15) is 0 Å². The number of nitrogens with one attached hydrogen (secondary N) is 2. The SMILES string of the molecule is CC(C)(CNC(=O)OCC1c2ccccc2-c2ccccc21)C(=O)NC1C=CC(C(=O)O)C1. The first-order valence-electron chi connectivity index (χ1n) is 11.1. The number of alkyl carbamates (subject to hydrolysis) is 1. The number of rotatable bonds is 7. The van der Waals surface area contributed by atoms with Crippen molar-refractivity contribution in [3.8, 4) is 11.1 Å². The molecule has 2 unspecified atom stereocenters. The van der Waals surface area contributed by atoms with E-state index in [1.165, 1.54) is 0 Å². The van der Waals surface area contributed by atoms with E-state index in [9.17, 15) is 14.4 Å². The number of hydrogen-bond acceptors (Lipinski definition) is 4. The molecule has 0 radical (unpaired) electrons. The maximum atomic E-state index is 12.7. The summed E-state index contributed by atoms with van der Waals surface area (Å²) in [5.41, 5.74) is 3.70. The number of carboxylic acids is 1. The Balaban J connectivity index is 1.29. The molecule has 2 amide bonds. The van der Waals surface area contributed by atoms with Gasteiger partial charge in [-0.15, -0.1) is 0 Å². The Kier molecular flexibility index (Phi) is 6.22. The first kappa shape index (κ1) is 22.6. The molecule has 2 aromatic rings. The molecule has 33 heavy (non-hydrogen) atoms. The van der Waals surface area contributed by atoms with Gasteiger partial charge in [0.15, 0.2) is 0 Å². The Morgan fingerprint density at radius 2 is 1.61 bits per heavy atom. The van der Waals surface area contributed by atoms with Crippen LogP contribution >= 0.6 is 0 Å². The van der Waals surface area contributed by atoms with Crippen molar-refractivity contribution in [3.05, 3.63) is 71.8 Å². The highest BCUT2D eigenvalue weighted by molar-refractivity contribution is 5.84. The molecule has 0 saturated heterocycles. The second-order valence-corrected chi connectivity index (χ2v) is 9.21. The van der Waals surface area contributed by atoms with Crippen molar-refractivity contribution in [1.82, 2.24) is 10.6 Å². The second-order valence-electron chi connectivity index (χ2n) is 9.21. The summed E-state index contributed by atoms with van der Waals surface area (Å²) in [4.78, 5) is 36.2. The molecule has 172 valence electrons. The van der Waals surface area contributed by atoms with Crippen LogP contribution in [0, 0.1) is 11.3 Å². The zero-order valence-corrected chi connectivity index (χ0v) is 18.7. The van der Waals surface area contributed by atoms with Gasteiger partial charge in [-0.3, -0.25) is 9.59 Å². The predicted octanol–water partition coefficient (Wildman–Crippen LogP) is 3.70. The molecule has 0 bridgehead atoms. The molecule has 0 aliphatic heterocycles. The minimum Gasteiger partial charge on any atom is -0.481 e. The third kappa shape index (κ3) is 4.77. The lowest BCUT2D eigenvalue weighted by molar-refractivity contribution is -0.140. The standard InChI is InChI=1S/C26H28N2O5/c1-26(2,24(31)28-17-12-11-16(13-17)23(29)30)15-27-25(32)33-14-22-20-9-5-3-7-18(20)19-8-4-6-10-21(19)22/h3-12,16-17,22H,13-15H2,1-2H3,(H,27,32)(H,28,31)(H,29,30). The molecule has 0 heterocycles. The van der Waals surface area contributed by atoms with Crippen molar-refractivity contribution < 1.29 is 24.2 Å². The maximum Gasteiger partial charge on any atom is 0.407 e. The van der Waals surface area contributed by atoms with E-state index in [4.69, 9.17) is 9.84 Å². The Morgan fingerprint density at radius 1 is 1.00 bits per heavy atom. The van der Waals surface area contributed by atoms with Crippen LogP contribution in [0.2, 0.25) is 0 Å². The minimum atomic E-state index is -0.904. The van der Waals surface area contributed by atoms with E-state index in [1.54, 1.807) is 26.0 Å². The van der Waals surface area contributed by atoms with Crippen LogP contribution in [0.1, 0.15) is 37.3 Å². The maximum absolute atomic E-state index is 12.7. The van der Waals surface area contributed by atoms with Crippen LogP contribution in [-0.4, -0.2) is 42.3 Å². The summed E-state index contributed by atoms with van der Waals surface area (Å²) in [5.74, 6) is -1.78. The van der Waals surface area contributed by atoms with Gasteiger partial charge in [0.2, 0.25) is 5.91 Å². The first-order chi connectivity index (χ1) is 15.8. The van der Waals surface area contributed by atoms with Crippen molar-refractivity contribution >= 4 is 18.0 Å². The highest BCUT2D eigenvalue weighted by Crippen LogP contribution is 2.44. The molecule has 0 spiro atoms.